The Kier molecular flexibility index (Phi) is 4.15. The van der Waals surface area contributed by atoms with Crippen LogP contribution in [0.2, 0.25) is 0 Å². The fourth-order valence-electron chi connectivity index (χ4n) is 3.13. The molecule has 4 rings (SSSR count). The molecule has 0 saturated heterocycles. The second kappa shape index (κ2) is 6.66. The molecule has 8 heteroatoms. The molecule has 0 aliphatic rings. The van der Waals surface area contributed by atoms with E-state index in [9.17, 15) is 19.5 Å². The topological polar surface area (TPSA) is 112 Å². The molecule has 2 aromatic heterocycles. The third kappa shape index (κ3) is 2.90. The number of hydrogen-bond donors (Lipinski definition) is 1. The quantitative estimate of drug-likeness (QED) is 0.542. The molecule has 0 saturated carbocycles. The second-order valence-electron chi connectivity index (χ2n) is 6.11. The van der Waals surface area contributed by atoms with E-state index in [2.05, 4.69) is 5.10 Å². The molecule has 1 N–H and O–H groups in total. The average Bonchev–Trinajstić information content (AvgIpc) is 2.69. The number of aromatic carboxylic acids is 1. The van der Waals surface area contributed by atoms with E-state index < -0.39 is 17.2 Å². The van der Waals surface area contributed by atoms with Gasteiger partial charge in [0.1, 0.15) is 11.3 Å². The Morgan fingerprint density at radius 3 is 2.57 bits per heavy atom. The Balaban J connectivity index is 1.94. The summed E-state index contributed by atoms with van der Waals surface area (Å²) in [4.78, 5) is 36.4. The number of methoxy groups -OCH3 is 1. The highest BCUT2D eigenvalue weighted by molar-refractivity contribution is 6.01. The molecule has 2 aromatic carbocycles. The van der Waals surface area contributed by atoms with Crippen molar-refractivity contribution in [1.82, 2.24) is 9.78 Å². The van der Waals surface area contributed by atoms with Crippen LogP contribution in [0.25, 0.3) is 21.7 Å². The summed E-state index contributed by atoms with van der Waals surface area (Å²) in [6, 6.07) is 12.6. The number of fused-ring (bicyclic) bond motifs is 2. The predicted molar refractivity (Wildman–Crippen MR) is 101 cm³/mol. The van der Waals surface area contributed by atoms with Gasteiger partial charge in [0.2, 0.25) is 0 Å². The van der Waals surface area contributed by atoms with E-state index >= 15 is 0 Å². The maximum atomic E-state index is 12.8. The molecule has 0 bridgehead atoms. The molecule has 0 aliphatic heterocycles. The molecule has 8 nitrogen and oxygen atoms in total. The summed E-state index contributed by atoms with van der Waals surface area (Å²) < 4.78 is 11.4. The molecule has 0 fully saturated rings. The molecule has 0 radical (unpaired) electrons. The lowest BCUT2D eigenvalue weighted by molar-refractivity contribution is 0.0690. The molecule has 0 amide bonds. The number of rotatable bonds is 4. The van der Waals surface area contributed by atoms with Crippen LogP contribution >= 0.6 is 0 Å². The molecular weight excluding hydrogens is 364 g/mol. The van der Waals surface area contributed by atoms with E-state index in [0.29, 0.717) is 22.3 Å². The number of carbonyl (C=O) groups is 1. The number of nitrogens with zero attached hydrogens (tertiary/aromatic N) is 2. The minimum absolute atomic E-state index is 0.0849. The van der Waals surface area contributed by atoms with E-state index in [4.69, 9.17) is 9.15 Å². The molecule has 28 heavy (non-hydrogen) atoms. The number of hydrogen-bond acceptors (Lipinski definition) is 6. The number of aromatic nitrogens is 2. The number of benzene rings is 2. The van der Waals surface area contributed by atoms with Crippen molar-refractivity contribution in [2.24, 2.45) is 0 Å². The van der Waals surface area contributed by atoms with Gasteiger partial charge in [-0.25, -0.2) is 14.3 Å². The average molecular weight is 378 g/mol. The zero-order valence-electron chi connectivity index (χ0n) is 14.7. The van der Waals surface area contributed by atoms with Crippen LogP contribution in [0.4, 0.5) is 0 Å². The van der Waals surface area contributed by atoms with Gasteiger partial charge in [-0.05, 0) is 23.8 Å². The molecule has 0 aliphatic carbocycles. The van der Waals surface area contributed by atoms with Crippen LogP contribution in [0.3, 0.4) is 0 Å². The predicted octanol–water partition coefficient (Wildman–Crippen LogP) is 2.26. The normalized spacial score (nSPS) is 11.0. The highest BCUT2D eigenvalue weighted by Gasteiger charge is 2.17. The maximum Gasteiger partial charge on any atom is 0.357 e. The van der Waals surface area contributed by atoms with Gasteiger partial charge < -0.3 is 14.3 Å². The zero-order valence-corrected chi connectivity index (χ0v) is 14.7. The monoisotopic (exact) mass is 378 g/mol. The van der Waals surface area contributed by atoms with Gasteiger partial charge in [0.25, 0.3) is 5.56 Å². The van der Waals surface area contributed by atoms with E-state index in [0.717, 1.165) is 4.68 Å². The lowest BCUT2D eigenvalue weighted by Crippen LogP contribution is -2.27. The van der Waals surface area contributed by atoms with Gasteiger partial charge in [-0.1, -0.05) is 18.2 Å². The standard InChI is InChI=1S/C20H14N2O6/c1-27-12-6-7-13-11(8-17(23)28-16(13)9-12)10-22-19(24)15-5-3-2-4-14(15)18(21-22)20(25)26/h2-9H,10H2,1H3,(H,25,26). The smallest absolute Gasteiger partial charge is 0.357 e. The summed E-state index contributed by atoms with van der Waals surface area (Å²) in [6.07, 6.45) is 0. The summed E-state index contributed by atoms with van der Waals surface area (Å²) in [5.74, 6) is -0.728. The Morgan fingerprint density at radius 2 is 1.86 bits per heavy atom. The van der Waals surface area contributed by atoms with Gasteiger partial charge in [0, 0.05) is 22.9 Å². The van der Waals surface area contributed by atoms with Crippen molar-refractivity contribution >= 4 is 27.7 Å². The molecule has 2 heterocycles. The largest absolute Gasteiger partial charge is 0.497 e. The molecule has 0 atom stereocenters. The lowest BCUT2D eigenvalue weighted by Gasteiger charge is -2.10. The van der Waals surface area contributed by atoms with E-state index in [1.807, 2.05) is 0 Å². The van der Waals surface area contributed by atoms with Crippen LogP contribution in [0.15, 0.2) is 62.5 Å². The van der Waals surface area contributed by atoms with Crippen LogP contribution in [-0.2, 0) is 6.54 Å². The Hall–Kier alpha value is -3.94. The highest BCUT2D eigenvalue weighted by atomic mass is 16.5. The molecule has 0 unspecified atom stereocenters. The van der Waals surface area contributed by atoms with Crippen molar-refractivity contribution in [2.75, 3.05) is 7.11 Å². The lowest BCUT2D eigenvalue weighted by atomic mass is 10.1. The maximum absolute atomic E-state index is 12.8. The SMILES string of the molecule is COc1ccc2c(Cn3nc(C(=O)O)c4ccccc4c3=O)cc(=O)oc2c1. The van der Waals surface area contributed by atoms with E-state index in [1.165, 1.54) is 19.2 Å². The Labute approximate surface area is 157 Å². The fraction of sp³-hybridized carbons (Fsp3) is 0.100. The Morgan fingerprint density at radius 1 is 1.11 bits per heavy atom. The van der Waals surface area contributed by atoms with Gasteiger partial charge in [0.05, 0.1) is 19.0 Å². The third-order valence-corrected chi connectivity index (χ3v) is 4.43. The van der Waals surface area contributed by atoms with Crippen molar-refractivity contribution in [2.45, 2.75) is 6.54 Å². The van der Waals surface area contributed by atoms with Gasteiger partial charge in [-0.3, -0.25) is 4.79 Å². The fourth-order valence-corrected chi connectivity index (χ4v) is 3.13. The van der Waals surface area contributed by atoms with Gasteiger partial charge in [-0.2, -0.15) is 5.10 Å². The first-order valence-corrected chi connectivity index (χ1v) is 8.32. The van der Waals surface area contributed by atoms with Crippen LogP contribution < -0.4 is 15.9 Å². The highest BCUT2D eigenvalue weighted by Crippen LogP contribution is 2.23. The van der Waals surface area contributed by atoms with Gasteiger partial charge in [-0.15, -0.1) is 0 Å². The summed E-state index contributed by atoms with van der Waals surface area (Å²) in [5.41, 5.74) is -0.494. The van der Waals surface area contributed by atoms with Gasteiger partial charge >= 0.3 is 11.6 Å². The second-order valence-corrected chi connectivity index (χ2v) is 6.11. The van der Waals surface area contributed by atoms with E-state index in [1.54, 1.807) is 36.4 Å². The van der Waals surface area contributed by atoms with Crippen LogP contribution in [0.5, 0.6) is 5.75 Å². The summed E-state index contributed by atoms with van der Waals surface area (Å²) in [5, 5.41) is 14.6. The minimum atomic E-state index is -1.24. The van der Waals surface area contributed by atoms with Crippen LogP contribution in [0.1, 0.15) is 16.1 Å². The van der Waals surface area contributed by atoms with Crippen molar-refractivity contribution in [3.05, 3.63) is 80.6 Å². The summed E-state index contributed by atoms with van der Waals surface area (Å²) in [7, 11) is 1.50. The van der Waals surface area contributed by atoms with Crippen molar-refractivity contribution in [3.8, 4) is 5.75 Å². The molecular formula is C20H14N2O6. The zero-order chi connectivity index (χ0) is 19.8. The third-order valence-electron chi connectivity index (χ3n) is 4.43. The number of ether oxygens (including phenoxy) is 1. The van der Waals surface area contributed by atoms with Gasteiger partial charge in [0.15, 0.2) is 5.69 Å². The summed E-state index contributed by atoms with van der Waals surface area (Å²) >= 11 is 0. The number of carboxylic acids is 1. The summed E-state index contributed by atoms with van der Waals surface area (Å²) in [6.45, 7) is -0.0849. The van der Waals surface area contributed by atoms with Crippen molar-refractivity contribution in [3.63, 3.8) is 0 Å². The minimum Gasteiger partial charge on any atom is -0.497 e. The number of carboxylic acid groups (broad SMARTS) is 1. The van der Waals surface area contributed by atoms with Crippen LogP contribution in [0, 0.1) is 0 Å². The molecule has 4 aromatic rings. The van der Waals surface area contributed by atoms with Crippen molar-refractivity contribution < 1.29 is 19.1 Å². The Bertz CT molecular complexity index is 1350. The molecule has 140 valence electrons. The first kappa shape index (κ1) is 17.5. The van der Waals surface area contributed by atoms with Crippen LogP contribution in [-0.4, -0.2) is 28.0 Å². The van der Waals surface area contributed by atoms with Crippen molar-refractivity contribution in [1.29, 1.82) is 0 Å². The molecule has 0 spiro atoms. The van der Waals surface area contributed by atoms with E-state index in [-0.39, 0.29) is 23.0 Å². The first-order chi connectivity index (χ1) is 13.5. The first-order valence-electron chi connectivity index (χ1n) is 8.32.